The molecule has 0 fully saturated rings. The lowest BCUT2D eigenvalue weighted by Crippen LogP contribution is -2.19. The predicted octanol–water partition coefficient (Wildman–Crippen LogP) is 4.46. The highest BCUT2D eigenvalue weighted by atomic mass is 79.9. The molecule has 0 radical (unpaired) electrons. The second-order valence-corrected chi connectivity index (χ2v) is 4.80. The van der Waals surface area contributed by atoms with Crippen LogP contribution in [0, 0.1) is 0 Å². The summed E-state index contributed by atoms with van der Waals surface area (Å²) in [4.78, 5) is 3.79. The van der Waals surface area contributed by atoms with Gasteiger partial charge in [0.15, 0.2) is 0 Å². The van der Waals surface area contributed by atoms with Crippen molar-refractivity contribution in [3.8, 4) is 0 Å². The van der Waals surface area contributed by atoms with Crippen LogP contribution in [0.25, 0.3) is 0 Å². The van der Waals surface area contributed by atoms with Gasteiger partial charge in [0, 0.05) is 16.7 Å². The quantitative estimate of drug-likeness (QED) is 0.888. The first kappa shape index (κ1) is 14.3. The number of nitrogens with zero attached hydrogens (tertiary/aromatic N) is 1. The summed E-state index contributed by atoms with van der Waals surface area (Å²) < 4.78 is 38.6. The molecule has 2 nitrogen and oxygen atoms in total. The van der Waals surface area contributed by atoms with Crippen LogP contribution < -0.4 is 5.32 Å². The third-order valence-electron chi connectivity index (χ3n) is 2.26. The van der Waals surface area contributed by atoms with Crippen LogP contribution in [0.5, 0.6) is 0 Å². The van der Waals surface area contributed by atoms with E-state index in [-0.39, 0.29) is 11.9 Å². The minimum atomic E-state index is -4.40. The van der Waals surface area contributed by atoms with Gasteiger partial charge in [-0.15, -0.1) is 0 Å². The number of anilines is 1. The molecule has 6 heteroatoms. The first-order chi connectivity index (χ1) is 7.84. The van der Waals surface area contributed by atoms with Crippen molar-refractivity contribution in [2.24, 2.45) is 0 Å². The SMILES string of the molecule is CCCC(C)Nc1ncc(Br)cc1C(F)(F)F. The summed E-state index contributed by atoms with van der Waals surface area (Å²) in [7, 11) is 0. The fourth-order valence-corrected chi connectivity index (χ4v) is 1.84. The molecule has 1 aromatic rings. The zero-order valence-corrected chi connectivity index (χ0v) is 11.2. The van der Waals surface area contributed by atoms with E-state index in [1.807, 2.05) is 13.8 Å². The smallest absolute Gasteiger partial charge is 0.367 e. The summed E-state index contributed by atoms with van der Waals surface area (Å²) in [6.45, 7) is 3.82. The Morgan fingerprint density at radius 3 is 2.65 bits per heavy atom. The van der Waals surface area contributed by atoms with Gasteiger partial charge in [0.25, 0.3) is 0 Å². The van der Waals surface area contributed by atoms with Crippen molar-refractivity contribution in [3.63, 3.8) is 0 Å². The highest BCUT2D eigenvalue weighted by Crippen LogP contribution is 2.35. The molecule has 96 valence electrons. The van der Waals surface area contributed by atoms with Crippen molar-refractivity contribution in [1.82, 2.24) is 4.98 Å². The van der Waals surface area contributed by atoms with Gasteiger partial charge in [-0.25, -0.2) is 4.98 Å². The van der Waals surface area contributed by atoms with Gasteiger partial charge in [-0.3, -0.25) is 0 Å². The van der Waals surface area contributed by atoms with E-state index in [0.717, 1.165) is 18.9 Å². The molecule has 1 unspecified atom stereocenters. The van der Waals surface area contributed by atoms with E-state index in [1.54, 1.807) is 0 Å². The van der Waals surface area contributed by atoms with E-state index in [4.69, 9.17) is 0 Å². The lowest BCUT2D eigenvalue weighted by Gasteiger charge is -2.18. The summed E-state index contributed by atoms with van der Waals surface area (Å²) in [5.41, 5.74) is -0.741. The molecular formula is C11H14BrF3N2. The molecule has 0 aliphatic heterocycles. The Bertz CT molecular complexity index is 379. The molecule has 0 saturated carbocycles. The monoisotopic (exact) mass is 310 g/mol. The molecular weight excluding hydrogens is 297 g/mol. The van der Waals surface area contributed by atoms with Gasteiger partial charge < -0.3 is 5.32 Å². The number of aromatic nitrogens is 1. The minimum Gasteiger partial charge on any atom is -0.367 e. The van der Waals surface area contributed by atoms with Gasteiger partial charge in [-0.1, -0.05) is 13.3 Å². The topological polar surface area (TPSA) is 24.9 Å². The van der Waals surface area contributed by atoms with E-state index >= 15 is 0 Å². The molecule has 0 bridgehead atoms. The minimum absolute atomic E-state index is 0.0326. The molecule has 1 atom stereocenters. The largest absolute Gasteiger partial charge is 0.419 e. The summed E-state index contributed by atoms with van der Waals surface area (Å²) in [6.07, 6.45) is -1.33. The van der Waals surface area contributed by atoms with Crippen molar-refractivity contribution in [2.45, 2.75) is 38.9 Å². The van der Waals surface area contributed by atoms with Crippen LogP contribution in [0.15, 0.2) is 16.7 Å². The molecule has 0 saturated heterocycles. The van der Waals surface area contributed by atoms with Crippen LogP contribution in [-0.4, -0.2) is 11.0 Å². The fourth-order valence-electron chi connectivity index (χ4n) is 1.51. The first-order valence-corrected chi connectivity index (χ1v) is 6.13. The van der Waals surface area contributed by atoms with Gasteiger partial charge in [0.1, 0.15) is 5.82 Å². The Labute approximate surface area is 107 Å². The summed E-state index contributed by atoms with van der Waals surface area (Å²) in [6, 6.07) is 1.00. The standard InChI is InChI=1S/C11H14BrF3N2/c1-3-4-7(2)17-10-9(11(13,14)15)5-8(12)6-16-10/h5-7H,3-4H2,1-2H3,(H,16,17). The van der Waals surface area contributed by atoms with E-state index < -0.39 is 11.7 Å². The maximum absolute atomic E-state index is 12.8. The van der Waals surface area contributed by atoms with Crippen LogP contribution >= 0.6 is 15.9 Å². The molecule has 0 aliphatic rings. The third kappa shape index (κ3) is 4.18. The maximum atomic E-state index is 12.8. The number of nitrogens with one attached hydrogen (secondary N) is 1. The Morgan fingerprint density at radius 2 is 2.12 bits per heavy atom. The lowest BCUT2D eigenvalue weighted by atomic mass is 10.2. The summed E-state index contributed by atoms with van der Waals surface area (Å²) >= 11 is 3.00. The molecule has 0 aliphatic carbocycles. The zero-order chi connectivity index (χ0) is 13.1. The molecule has 0 amide bonds. The Hall–Kier alpha value is -0.780. The number of pyridine rings is 1. The number of hydrogen-bond acceptors (Lipinski definition) is 2. The Balaban J connectivity index is 2.99. The van der Waals surface area contributed by atoms with Crippen LogP contribution in [0.4, 0.5) is 19.0 Å². The van der Waals surface area contributed by atoms with Crippen LogP contribution in [0.2, 0.25) is 0 Å². The predicted molar refractivity (Wildman–Crippen MR) is 64.9 cm³/mol. The van der Waals surface area contributed by atoms with E-state index in [0.29, 0.717) is 4.47 Å². The van der Waals surface area contributed by atoms with Crippen LogP contribution in [-0.2, 0) is 6.18 Å². The van der Waals surface area contributed by atoms with Crippen molar-refractivity contribution >= 4 is 21.7 Å². The summed E-state index contributed by atoms with van der Waals surface area (Å²) in [5.74, 6) is -0.110. The van der Waals surface area contributed by atoms with E-state index in [2.05, 4.69) is 26.2 Å². The van der Waals surface area contributed by atoms with Crippen LogP contribution in [0.1, 0.15) is 32.3 Å². The molecule has 0 spiro atoms. The average molecular weight is 311 g/mol. The van der Waals surface area contributed by atoms with Gasteiger partial charge in [0.05, 0.1) is 5.56 Å². The van der Waals surface area contributed by atoms with E-state index in [9.17, 15) is 13.2 Å². The van der Waals surface area contributed by atoms with Crippen LogP contribution in [0.3, 0.4) is 0 Å². The molecule has 1 N–H and O–H groups in total. The lowest BCUT2D eigenvalue weighted by molar-refractivity contribution is -0.137. The number of halogens is 4. The average Bonchev–Trinajstić information content (AvgIpc) is 2.19. The van der Waals surface area contributed by atoms with Gasteiger partial charge in [-0.05, 0) is 35.3 Å². The third-order valence-corrected chi connectivity index (χ3v) is 2.70. The number of hydrogen-bond donors (Lipinski definition) is 1. The Morgan fingerprint density at radius 1 is 1.47 bits per heavy atom. The molecule has 1 heterocycles. The fraction of sp³-hybridized carbons (Fsp3) is 0.545. The second kappa shape index (κ2) is 5.71. The zero-order valence-electron chi connectivity index (χ0n) is 9.61. The second-order valence-electron chi connectivity index (χ2n) is 3.88. The van der Waals surface area contributed by atoms with Gasteiger partial charge in [-0.2, -0.15) is 13.2 Å². The molecule has 0 aromatic carbocycles. The number of alkyl halides is 3. The van der Waals surface area contributed by atoms with Crippen molar-refractivity contribution in [1.29, 1.82) is 0 Å². The Kier molecular flexibility index (Phi) is 4.80. The first-order valence-electron chi connectivity index (χ1n) is 5.34. The van der Waals surface area contributed by atoms with Gasteiger partial charge in [0.2, 0.25) is 0 Å². The van der Waals surface area contributed by atoms with E-state index in [1.165, 1.54) is 6.20 Å². The van der Waals surface area contributed by atoms with Crippen molar-refractivity contribution < 1.29 is 13.2 Å². The van der Waals surface area contributed by atoms with Crippen molar-refractivity contribution in [3.05, 3.63) is 22.3 Å². The van der Waals surface area contributed by atoms with Crippen molar-refractivity contribution in [2.75, 3.05) is 5.32 Å². The molecule has 1 rings (SSSR count). The molecule has 1 aromatic heterocycles. The highest BCUT2D eigenvalue weighted by molar-refractivity contribution is 9.10. The maximum Gasteiger partial charge on any atom is 0.419 e. The number of rotatable bonds is 4. The summed E-state index contributed by atoms with van der Waals surface area (Å²) in [5, 5.41) is 2.79. The van der Waals surface area contributed by atoms with Gasteiger partial charge >= 0.3 is 6.18 Å². The molecule has 17 heavy (non-hydrogen) atoms. The normalized spacial score (nSPS) is 13.5. The highest BCUT2D eigenvalue weighted by Gasteiger charge is 2.34.